The number of amides is 1. The third-order valence-corrected chi connectivity index (χ3v) is 3.13. The summed E-state index contributed by atoms with van der Waals surface area (Å²) in [5.41, 5.74) is 1.42. The van der Waals surface area contributed by atoms with Crippen molar-refractivity contribution in [1.82, 2.24) is 5.32 Å². The van der Waals surface area contributed by atoms with E-state index in [0.29, 0.717) is 16.8 Å². The summed E-state index contributed by atoms with van der Waals surface area (Å²) in [6.07, 6.45) is 0.102. The molecular weight excluding hydrogens is 249 g/mol. The van der Waals surface area contributed by atoms with Gasteiger partial charge in [0.25, 0.3) is 0 Å². The standard InChI is InChI=1S/C14H14FNO3/c1-8-13(14(18)19-2)11(7-12(17)16-8)9-4-3-5-10(15)6-9/h3-6,11H,7H2,1-2H3,(H,16,17)/t11-/m1/s1. The van der Waals surface area contributed by atoms with E-state index in [1.807, 2.05) is 0 Å². The maximum atomic E-state index is 13.3. The third kappa shape index (κ3) is 2.65. The minimum atomic E-state index is -0.508. The first-order valence-corrected chi connectivity index (χ1v) is 5.87. The fourth-order valence-electron chi connectivity index (χ4n) is 2.29. The van der Waals surface area contributed by atoms with Crippen molar-refractivity contribution in [3.63, 3.8) is 0 Å². The molecule has 4 nitrogen and oxygen atoms in total. The largest absolute Gasteiger partial charge is 0.466 e. The van der Waals surface area contributed by atoms with Crippen molar-refractivity contribution in [2.45, 2.75) is 19.3 Å². The number of carbonyl (C=O) groups excluding carboxylic acids is 2. The third-order valence-electron chi connectivity index (χ3n) is 3.13. The fourth-order valence-corrected chi connectivity index (χ4v) is 2.29. The zero-order valence-electron chi connectivity index (χ0n) is 10.7. The van der Waals surface area contributed by atoms with E-state index in [-0.39, 0.29) is 12.3 Å². The predicted octanol–water partition coefficient (Wildman–Crippen LogP) is 1.88. The molecular formula is C14H14FNO3. The lowest BCUT2D eigenvalue weighted by Crippen LogP contribution is -2.34. The quantitative estimate of drug-likeness (QED) is 0.829. The molecule has 0 aromatic heterocycles. The Balaban J connectivity index is 2.49. The molecule has 1 atom stereocenters. The van der Waals surface area contributed by atoms with E-state index in [4.69, 9.17) is 4.74 Å². The molecule has 0 radical (unpaired) electrons. The monoisotopic (exact) mass is 263 g/mol. The van der Waals surface area contributed by atoms with Crippen LogP contribution in [0.2, 0.25) is 0 Å². The molecule has 100 valence electrons. The number of nitrogens with one attached hydrogen (secondary N) is 1. The molecule has 0 saturated carbocycles. The van der Waals surface area contributed by atoms with Crippen LogP contribution < -0.4 is 5.32 Å². The smallest absolute Gasteiger partial charge is 0.336 e. The van der Waals surface area contributed by atoms with E-state index in [0.717, 1.165) is 0 Å². The lowest BCUT2D eigenvalue weighted by Gasteiger charge is -2.26. The Morgan fingerprint density at radius 1 is 1.47 bits per heavy atom. The minimum absolute atomic E-state index is 0.102. The minimum Gasteiger partial charge on any atom is -0.466 e. The average molecular weight is 263 g/mol. The van der Waals surface area contributed by atoms with Crippen molar-refractivity contribution in [2.75, 3.05) is 7.11 Å². The highest BCUT2D eigenvalue weighted by molar-refractivity contribution is 5.95. The molecule has 1 amide bonds. The summed E-state index contributed by atoms with van der Waals surface area (Å²) in [7, 11) is 1.28. The molecule has 0 unspecified atom stereocenters. The Hall–Kier alpha value is -2.17. The number of hydrogen-bond donors (Lipinski definition) is 1. The normalized spacial score (nSPS) is 19.1. The molecule has 19 heavy (non-hydrogen) atoms. The zero-order valence-corrected chi connectivity index (χ0v) is 10.7. The molecule has 5 heteroatoms. The first kappa shape index (κ1) is 13.3. The van der Waals surface area contributed by atoms with Gasteiger partial charge in [-0.05, 0) is 24.6 Å². The number of carbonyl (C=O) groups is 2. The number of ether oxygens (including phenoxy) is 1. The van der Waals surface area contributed by atoms with Crippen molar-refractivity contribution in [2.24, 2.45) is 0 Å². The van der Waals surface area contributed by atoms with Gasteiger partial charge in [-0.2, -0.15) is 0 Å². The molecule has 1 aliphatic heterocycles. The van der Waals surface area contributed by atoms with E-state index in [1.54, 1.807) is 19.1 Å². The van der Waals surface area contributed by atoms with E-state index >= 15 is 0 Å². The Morgan fingerprint density at radius 3 is 2.84 bits per heavy atom. The van der Waals surface area contributed by atoms with Gasteiger partial charge >= 0.3 is 5.97 Å². The highest BCUT2D eigenvalue weighted by atomic mass is 19.1. The van der Waals surface area contributed by atoms with E-state index in [9.17, 15) is 14.0 Å². The molecule has 2 rings (SSSR count). The van der Waals surface area contributed by atoms with Gasteiger partial charge in [-0.25, -0.2) is 9.18 Å². The Kier molecular flexibility index (Phi) is 3.64. The second-order valence-electron chi connectivity index (χ2n) is 4.39. The lowest BCUT2D eigenvalue weighted by atomic mass is 9.84. The van der Waals surface area contributed by atoms with Crippen LogP contribution >= 0.6 is 0 Å². The molecule has 0 bridgehead atoms. The van der Waals surface area contributed by atoms with Gasteiger partial charge in [-0.15, -0.1) is 0 Å². The van der Waals surface area contributed by atoms with Crippen molar-refractivity contribution < 1.29 is 18.7 Å². The lowest BCUT2D eigenvalue weighted by molar-refractivity contribution is -0.136. The first-order chi connectivity index (χ1) is 9.02. The molecule has 0 spiro atoms. The van der Waals surface area contributed by atoms with Gasteiger partial charge < -0.3 is 10.1 Å². The van der Waals surface area contributed by atoms with Crippen molar-refractivity contribution in [3.8, 4) is 0 Å². The van der Waals surface area contributed by atoms with E-state index in [1.165, 1.54) is 19.2 Å². The second kappa shape index (κ2) is 5.22. The predicted molar refractivity (Wildman–Crippen MR) is 66.6 cm³/mol. The summed E-state index contributed by atoms with van der Waals surface area (Å²) in [6, 6.07) is 5.91. The highest BCUT2D eigenvalue weighted by Crippen LogP contribution is 2.33. The summed E-state index contributed by atoms with van der Waals surface area (Å²) < 4.78 is 18.0. The van der Waals surface area contributed by atoms with Gasteiger partial charge in [0.1, 0.15) is 5.82 Å². The van der Waals surface area contributed by atoms with Gasteiger partial charge in [-0.1, -0.05) is 12.1 Å². The average Bonchev–Trinajstić information content (AvgIpc) is 2.37. The molecule has 1 N–H and O–H groups in total. The van der Waals surface area contributed by atoms with Crippen LogP contribution in [0.25, 0.3) is 0 Å². The van der Waals surface area contributed by atoms with Crippen LogP contribution in [-0.4, -0.2) is 19.0 Å². The molecule has 1 aromatic carbocycles. The Morgan fingerprint density at radius 2 is 2.21 bits per heavy atom. The van der Waals surface area contributed by atoms with Crippen LogP contribution in [0.4, 0.5) is 4.39 Å². The van der Waals surface area contributed by atoms with Crippen LogP contribution in [0.3, 0.4) is 0 Å². The van der Waals surface area contributed by atoms with Crippen molar-refractivity contribution in [3.05, 3.63) is 46.9 Å². The summed E-state index contributed by atoms with van der Waals surface area (Å²) in [5, 5.41) is 2.61. The Bertz CT molecular complexity index is 566. The number of methoxy groups -OCH3 is 1. The van der Waals surface area contributed by atoms with Crippen LogP contribution in [0, 0.1) is 5.82 Å². The highest BCUT2D eigenvalue weighted by Gasteiger charge is 2.32. The SMILES string of the molecule is COC(=O)C1=C(C)NC(=O)C[C@@H]1c1cccc(F)c1. The number of hydrogen-bond acceptors (Lipinski definition) is 3. The summed E-state index contributed by atoms with van der Waals surface area (Å²) in [6.45, 7) is 1.63. The van der Waals surface area contributed by atoms with Crippen LogP contribution in [0.15, 0.2) is 35.5 Å². The number of esters is 1. The molecule has 1 aliphatic rings. The van der Waals surface area contributed by atoms with Crippen molar-refractivity contribution >= 4 is 11.9 Å². The summed E-state index contributed by atoms with van der Waals surface area (Å²) in [5.74, 6) is -1.58. The molecule has 1 aromatic rings. The topological polar surface area (TPSA) is 55.4 Å². The number of allylic oxidation sites excluding steroid dienone is 1. The Labute approximate surface area is 110 Å². The molecule has 0 saturated heterocycles. The van der Waals surface area contributed by atoms with Crippen molar-refractivity contribution in [1.29, 1.82) is 0 Å². The summed E-state index contributed by atoms with van der Waals surface area (Å²) in [4.78, 5) is 23.4. The van der Waals surface area contributed by atoms with E-state index in [2.05, 4.69) is 5.32 Å². The van der Waals surface area contributed by atoms with Crippen LogP contribution in [-0.2, 0) is 14.3 Å². The maximum absolute atomic E-state index is 13.3. The fraction of sp³-hybridized carbons (Fsp3) is 0.286. The number of benzene rings is 1. The van der Waals surface area contributed by atoms with Gasteiger partial charge in [0.05, 0.1) is 12.7 Å². The molecule has 0 aliphatic carbocycles. The molecule has 0 fully saturated rings. The van der Waals surface area contributed by atoms with Crippen LogP contribution in [0.5, 0.6) is 0 Å². The van der Waals surface area contributed by atoms with E-state index < -0.39 is 17.7 Å². The van der Waals surface area contributed by atoms with Gasteiger partial charge in [0.15, 0.2) is 0 Å². The first-order valence-electron chi connectivity index (χ1n) is 5.87. The summed E-state index contributed by atoms with van der Waals surface area (Å²) >= 11 is 0. The van der Waals surface area contributed by atoms with Crippen LogP contribution in [0.1, 0.15) is 24.8 Å². The number of rotatable bonds is 2. The van der Waals surface area contributed by atoms with Gasteiger partial charge in [0, 0.05) is 18.0 Å². The zero-order chi connectivity index (χ0) is 14.0. The maximum Gasteiger partial charge on any atom is 0.336 e. The van der Waals surface area contributed by atoms with Gasteiger partial charge in [-0.3, -0.25) is 4.79 Å². The second-order valence-corrected chi connectivity index (χ2v) is 4.39. The van der Waals surface area contributed by atoms with Gasteiger partial charge in [0.2, 0.25) is 5.91 Å². The number of halogens is 1. The molecule has 1 heterocycles.